The maximum atomic E-state index is 12.0. The lowest BCUT2D eigenvalue weighted by atomic mass is 10.3. The Hall–Kier alpha value is -1.92. The van der Waals surface area contributed by atoms with Gasteiger partial charge < -0.3 is 5.11 Å². The van der Waals surface area contributed by atoms with Gasteiger partial charge in [0.25, 0.3) is 5.56 Å². The van der Waals surface area contributed by atoms with E-state index in [0.29, 0.717) is 29.5 Å². The molecule has 0 bridgehead atoms. The number of nitrogens with zero attached hydrogens (tertiary/aromatic N) is 3. The molecular formula is C14H16ClN3O3. The van der Waals surface area contributed by atoms with Crippen LogP contribution in [0.15, 0.2) is 29.2 Å². The lowest BCUT2D eigenvalue weighted by Gasteiger charge is -2.18. The van der Waals surface area contributed by atoms with Crippen molar-refractivity contribution in [2.24, 2.45) is 0 Å². The van der Waals surface area contributed by atoms with Crippen molar-refractivity contribution in [3.05, 3.63) is 45.5 Å². The quantitative estimate of drug-likeness (QED) is 0.878. The van der Waals surface area contributed by atoms with Gasteiger partial charge in [-0.2, -0.15) is 0 Å². The van der Waals surface area contributed by atoms with Crippen molar-refractivity contribution in [2.75, 3.05) is 13.1 Å². The maximum Gasteiger partial charge on any atom is 0.317 e. The highest BCUT2D eigenvalue weighted by Gasteiger charge is 2.11. The van der Waals surface area contributed by atoms with Crippen LogP contribution in [0.4, 0.5) is 0 Å². The highest BCUT2D eigenvalue weighted by molar-refractivity contribution is 6.30. The molecule has 0 atom stereocenters. The fourth-order valence-corrected chi connectivity index (χ4v) is 2.32. The van der Waals surface area contributed by atoms with E-state index in [4.69, 9.17) is 16.7 Å². The predicted octanol–water partition coefficient (Wildman–Crippen LogP) is 1.64. The number of carboxylic acid groups (broad SMARTS) is 1. The summed E-state index contributed by atoms with van der Waals surface area (Å²) in [6.07, 6.45) is 2.34. The Morgan fingerprint density at radius 1 is 1.48 bits per heavy atom. The molecule has 1 N–H and O–H groups in total. The molecule has 0 radical (unpaired) electrons. The third-order valence-electron chi connectivity index (χ3n) is 2.96. The molecule has 2 heterocycles. The number of fused-ring (bicyclic) bond motifs is 1. The summed E-state index contributed by atoms with van der Waals surface area (Å²) >= 11 is 5.85. The molecule has 0 amide bonds. The zero-order chi connectivity index (χ0) is 15.4. The molecule has 0 unspecified atom stereocenters. The second-order valence-electron chi connectivity index (χ2n) is 4.77. The number of hydrogen-bond donors (Lipinski definition) is 1. The van der Waals surface area contributed by atoms with Gasteiger partial charge in [-0.25, -0.2) is 4.98 Å². The van der Waals surface area contributed by atoms with E-state index in [2.05, 4.69) is 4.98 Å². The normalized spacial score (nSPS) is 11.2. The van der Waals surface area contributed by atoms with Crippen LogP contribution in [-0.2, 0) is 11.3 Å². The lowest BCUT2D eigenvalue weighted by Crippen LogP contribution is -2.31. The summed E-state index contributed by atoms with van der Waals surface area (Å²) in [5.74, 6) is -0.896. The lowest BCUT2D eigenvalue weighted by molar-refractivity contribution is -0.138. The van der Waals surface area contributed by atoms with Crippen molar-refractivity contribution in [1.29, 1.82) is 0 Å². The molecule has 0 aliphatic carbocycles. The van der Waals surface area contributed by atoms with Crippen LogP contribution in [0.3, 0.4) is 0 Å². The monoisotopic (exact) mass is 309 g/mol. The van der Waals surface area contributed by atoms with Crippen LogP contribution in [0, 0.1) is 0 Å². The maximum absolute atomic E-state index is 12.0. The number of aliphatic carboxylic acids is 1. The van der Waals surface area contributed by atoms with Crippen LogP contribution >= 0.6 is 11.6 Å². The number of halogens is 1. The SMILES string of the molecule is CCCN(CC(=O)O)Cc1cc(=O)n2cc(Cl)ccc2n1. The smallest absolute Gasteiger partial charge is 0.317 e. The first kappa shape index (κ1) is 15.5. The summed E-state index contributed by atoms with van der Waals surface area (Å²) < 4.78 is 1.37. The van der Waals surface area contributed by atoms with Crippen LogP contribution in [-0.4, -0.2) is 38.4 Å². The van der Waals surface area contributed by atoms with Crippen molar-refractivity contribution in [3.8, 4) is 0 Å². The van der Waals surface area contributed by atoms with E-state index in [-0.39, 0.29) is 12.1 Å². The van der Waals surface area contributed by atoms with Gasteiger partial charge in [0, 0.05) is 18.8 Å². The molecule has 21 heavy (non-hydrogen) atoms. The second-order valence-corrected chi connectivity index (χ2v) is 5.20. The third kappa shape index (κ3) is 4.03. The molecule has 0 saturated heterocycles. The average Bonchev–Trinajstić information content (AvgIpc) is 2.39. The number of carbonyl (C=O) groups is 1. The predicted molar refractivity (Wildman–Crippen MR) is 79.7 cm³/mol. The molecule has 0 spiro atoms. The van der Waals surface area contributed by atoms with Gasteiger partial charge in [-0.3, -0.25) is 18.9 Å². The fraction of sp³-hybridized carbons (Fsp3) is 0.357. The van der Waals surface area contributed by atoms with Gasteiger partial charge in [0.2, 0.25) is 0 Å². The minimum Gasteiger partial charge on any atom is -0.480 e. The first-order valence-corrected chi connectivity index (χ1v) is 6.99. The van der Waals surface area contributed by atoms with E-state index in [9.17, 15) is 9.59 Å². The zero-order valence-corrected chi connectivity index (χ0v) is 12.4. The highest BCUT2D eigenvalue weighted by atomic mass is 35.5. The Bertz CT molecular complexity index is 714. The largest absolute Gasteiger partial charge is 0.480 e. The summed E-state index contributed by atoms with van der Waals surface area (Å²) in [6.45, 7) is 2.86. The van der Waals surface area contributed by atoms with Gasteiger partial charge in [-0.05, 0) is 25.1 Å². The van der Waals surface area contributed by atoms with Gasteiger partial charge >= 0.3 is 5.97 Å². The van der Waals surface area contributed by atoms with Crippen molar-refractivity contribution in [2.45, 2.75) is 19.9 Å². The second kappa shape index (κ2) is 6.69. The van der Waals surface area contributed by atoms with Crippen LogP contribution in [0.1, 0.15) is 19.0 Å². The molecule has 0 aliphatic heterocycles. The molecule has 2 aromatic heterocycles. The van der Waals surface area contributed by atoms with Crippen molar-refractivity contribution in [3.63, 3.8) is 0 Å². The number of pyridine rings is 1. The van der Waals surface area contributed by atoms with Gasteiger partial charge in [0.05, 0.1) is 17.3 Å². The number of hydrogen-bond acceptors (Lipinski definition) is 4. The molecule has 0 fully saturated rings. The molecule has 2 aromatic rings. The standard InChI is InChI=1S/C14H16ClN3O3/c1-2-5-17(9-14(20)21)8-11-6-13(19)18-7-10(15)3-4-12(18)16-11/h3-4,6-7H,2,5,8-9H2,1H3,(H,20,21). The number of aromatic nitrogens is 2. The Morgan fingerprint density at radius 3 is 2.90 bits per heavy atom. The van der Waals surface area contributed by atoms with Crippen molar-refractivity contribution >= 4 is 23.2 Å². The molecule has 7 heteroatoms. The van der Waals surface area contributed by atoms with Crippen LogP contribution in [0.25, 0.3) is 5.65 Å². The summed E-state index contributed by atoms with van der Waals surface area (Å²) in [6, 6.07) is 4.73. The van der Waals surface area contributed by atoms with E-state index >= 15 is 0 Å². The van der Waals surface area contributed by atoms with E-state index < -0.39 is 5.97 Å². The molecule has 2 rings (SSSR count). The Kier molecular flexibility index (Phi) is 4.93. The average molecular weight is 310 g/mol. The van der Waals surface area contributed by atoms with Gasteiger partial charge in [0.1, 0.15) is 5.65 Å². The van der Waals surface area contributed by atoms with Gasteiger partial charge in [-0.1, -0.05) is 18.5 Å². The zero-order valence-electron chi connectivity index (χ0n) is 11.6. The molecular weight excluding hydrogens is 294 g/mol. The van der Waals surface area contributed by atoms with Crippen LogP contribution < -0.4 is 5.56 Å². The molecule has 0 aromatic carbocycles. The number of rotatable bonds is 6. The van der Waals surface area contributed by atoms with Gasteiger partial charge in [-0.15, -0.1) is 0 Å². The first-order chi connectivity index (χ1) is 9.99. The molecule has 6 nitrogen and oxygen atoms in total. The summed E-state index contributed by atoms with van der Waals surface area (Å²) in [5, 5.41) is 9.36. The molecule has 112 valence electrons. The first-order valence-electron chi connectivity index (χ1n) is 6.61. The molecule has 0 aliphatic rings. The van der Waals surface area contributed by atoms with Gasteiger partial charge in [0.15, 0.2) is 0 Å². The van der Waals surface area contributed by atoms with E-state index in [1.54, 1.807) is 17.0 Å². The number of carboxylic acids is 1. The summed E-state index contributed by atoms with van der Waals surface area (Å²) in [5.41, 5.74) is 0.815. The highest BCUT2D eigenvalue weighted by Crippen LogP contribution is 2.09. The van der Waals surface area contributed by atoms with Crippen molar-refractivity contribution < 1.29 is 9.90 Å². The fourth-order valence-electron chi connectivity index (χ4n) is 2.16. The summed E-state index contributed by atoms with van der Waals surface area (Å²) in [7, 11) is 0. The minimum atomic E-state index is -0.896. The van der Waals surface area contributed by atoms with Crippen LogP contribution in [0.5, 0.6) is 0 Å². The Balaban J connectivity index is 2.31. The van der Waals surface area contributed by atoms with E-state index in [1.165, 1.54) is 16.7 Å². The van der Waals surface area contributed by atoms with E-state index in [1.807, 2.05) is 6.92 Å². The third-order valence-corrected chi connectivity index (χ3v) is 3.18. The Morgan fingerprint density at radius 2 is 2.24 bits per heavy atom. The Labute approximate surface area is 126 Å². The van der Waals surface area contributed by atoms with E-state index in [0.717, 1.165) is 6.42 Å². The van der Waals surface area contributed by atoms with Crippen molar-refractivity contribution in [1.82, 2.24) is 14.3 Å². The van der Waals surface area contributed by atoms with Crippen LogP contribution in [0.2, 0.25) is 5.02 Å². The summed E-state index contributed by atoms with van der Waals surface area (Å²) in [4.78, 5) is 29.0. The topological polar surface area (TPSA) is 74.9 Å². The molecule has 0 saturated carbocycles. The minimum absolute atomic E-state index is 0.0739.